The first-order chi connectivity index (χ1) is 5.88. The molecule has 0 saturated carbocycles. The third-order valence-electron chi connectivity index (χ3n) is 1.30. The molecule has 13 heavy (non-hydrogen) atoms. The van der Waals surface area contributed by atoms with E-state index in [0.717, 1.165) is 11.0 Å². The molecule has 0 aliphatic carbocycles. The maximum Gasteiger partial charge on any atom is 2.00 e. The minimum atomic E-state index is 0. The Morgan fingerprint density at radius 1 is 1.46 bits per heavy atom. The minimum Gasteiger partial charge on any atom is -0.542 e. The van der Waals surface area contributed by atoms with E-state index in [-0.39, 0.29) is 31.1 Å². The van der Waals surface area contributed by atoms with Crippen LogP contribution in [0.5, 0.6) is 0 Å². The Bertz CT molecular complexity index is 324. The van der Waals surface area contributed by atoms with Gasteiger partial charge >= 0.3 is 31.1 Å². The van der Waals surface area contributed by atoms with Gasteiger partial charge in [-0.2, -0.15) is 25.1 Å². The summed E-state index contributed by atoms with van der Waals surface area (Å²) in [6.45, 7) is 1.32. The number of hydrogen-bond acceptors (Lipinski definition) is 2. The van der Waals surface area contributed by atoms with Crippen LogP contribution in [0.4, 0.5) is 0 Å². The molecule has 0 bridgehead atoms. The standard InChI is InChI=1S/C8H5O.C2H3O.U/c1-2-4-8-7(3-1)5-6-9-8;1-2-3;/h1,3-6H;1H3;/q2*-1;+2. The molecule has 0 amide bonds. The van der Waals surface area contributed by atoms with Crippen LogP contribution in [0, 0.1) is 37.2 Å². The molecule has 0 fully saturated rings. The molecule has 1 heterocycles. The maximum atomic E-state index is 8.68. The summed E-state index contributed by atoms with van der Waals surface area (Å²) in [4.78, 5) is 8.68. The van der Waals surface area contributed by atoms with Gasteiger partial charge in [-0.3, -0.25) is 6.29 Å². The van der Waals surface area contributed by atoms with Crippen molar-refractivity contribution in [1.29, 1.82) is 0 Å². The molecule has 2 aromatic rings. The van der Waals surface area contributed by atoms with E-state index in [1.54, 1.807) is 6.26 Å². The normalized spacial score (nSPS) is 8.08. The van der Waals surface area contributed by atoms with Gasteiger partial charge in [-0.25, -0.2) is 0 Å². The second-order valence-electron chi connectivity index (χ2n) is 2.09. The summed E-state index contributed by atoms with van der Waals surface area (Å²) >= 11 is 0. The van der Waals surface area contributed by atoms with Crippen molar-refractivity contribution in [3.8, 4) is 0 Å². The fourth-order valence-corrected chi connectivity index (χ4v) is 0.848. The van der Waals surface area contributed by atoms with Crippen molar-refractivity contribution < 1.29 is 40.3 Å². The van der Waals surface area contributed by atoms with Crippen LogP contribution in [-0.4, -0.2) is 6.29 Å². The molecule has 0 radical (unpaired) electrons. The SMILES string of the molecule is C[C-]=O.[U+2].[c-]1ccc2ccoc2c1. The molecule has 2 nitrogen and oxygen atoms in total. The van der Waals surface area contributed by atoms with Gasteiger partial charge in [-0.1, -0.05) is 5.39 Å². The van der Waals surface area contributed by atoms with Crippen molar-refractivity contribution in [2.45, 2.75) is 6.92 Å². The molecular formula is C10H8O2U. The van der Waals surface area contributed by atoms with Crippen molar-refractivity contribution in [2.75, 3.05) is 0 Å². The fraction of sp³-hybridized carbons (Fsp3) is 0.100. The van der Waals surface area contributed by atoms with Gasteiger partial charge in [0, 0.05) is 5.58 Å². The Balaban J connectivity index is 0.000000324. The van der Waals surface area contributed by atoms with Gasteiger partial charge in [0.15, 0.2) is 0 Å². The molecule has 0 aliphatic rings. The Morgan fingerprint density at radius 2 is 2.15 bits per heavy atom. The first-order valence-corrected chi connectivity index (χ1v) is 3.50. The smallest absolute Gasteiger partial charge is 0.542 e. The van der Waals surface area contributed by atoms with Crippen LogP contribution in [0.2, 0.25) is 0 Å². The van der Waals surface area contributed by atoms with Gasteiger partial charge in [0.05, 0.1) is 6.26 Å². The largest absolute Gasteiger partial charge is 2.00 e. The zero-order chi connectivity index (χ0) is 8.81. The van der Waals surface area contributed by atoms with E-state index in [1.807, 2.05) is 24.3 Å². The molecule has 0 N–H and O–H groups in total. The summed E-state index contributed by atoms with van der Waals surface area (Å²) in [5.74, 6) is 0. The van der Waals surface area contributed by atoms with E-state index in [2.05, 4.69) is 6.07 Å². The summed E-state index contributed by atoms with van der Waals surface area (Å²) in [6, 6.07) is 10.5. The summed E-state index contributed by atoms with van der Waals surface area (Å²) in [7, 11) is 0. The van der Waals surface area contributed by atoms with Crippen LogP contribution >= 0.6 is 0 Å². The van der Waals surface area contributed by atoms with E-state index in [9.17, 15) is 0 Å². The number of furan rings is 1. The molecule has 0 unspecified atom stereocenters. The van der Waals surface area contributed by atoms with Crippen LogP contribution < -0.4 is 0 Å². The van der Waals surface area contributed by atoms with Crippen LogP contribution in [-0.2, 0) is 4.79 Å². The van der Waals surface area contributed by atoms with E-state index in [0.29, 0.717) is 0 Å². The van der Waals surface area contributed by atoms with Crippen molar-refractivity contribution in [2.24, 2.45) is 0 Å². The third-order valence-corrected chi connectivity index (χ3v) is 1.30. The van der Waals surface area contributed by atoms with Gasteiger partial charge in [0.25, 0.3) is 0 Å². The molecule has 64 valence electrons. The zero-order valence-corrected chi connectivity index (χ0v) is 11.4. The number of hydrogen-bond donors (Lipinski definition) is 0. The number of rotatable bonds is 0. The van der Waals surface area contributed by atoms with Gasteiger partial charge in [0.1, 0.15) is 0 Å². The third kappa shape index (κ3) is 3.80. The molecule has 0 spiro atoms. The first-order valence-electron chi connectivity index (χ1n) is 3.50. The molecule has 0 atom stereocenters. The summed E-state index contributed by atoms with van der Waals surface area (Å²) in [6.07, 6.45) is 3.18. The van der Waals surface area contributed by atoms with E-state index >= 15 is 0 Å². The number of benzene rings is 1. The number of carbonyl (C=O) groups excluding carboxylic acids is 1. The molecule has 3 heteroatoms. The quantitative estimate of drug-likeness (QED) is 0.638. The zero-order valence-electron chi connectivity index (χ0n) is 7.20. The first kappa shape index (κ1) is 12.5. The summed E-state index contributed by atoms with van der Waals surface area (Å²) < 4.78 is 5.09. The average Bonchev–Trinajstić information content (AvgIpc) is 2.52. The second kappa shape index (κ2) is 6.94. The Kier molecular flexibility index (Phi) is 6.66. The summed E-state index contributed by atoms with van der Waals surface area (Å²) in [5.41, 5.74) is 0.900. The van der Waals surface area contributed by atoms with Gasteiger partial charge in [-0.05, 0) is 6.07 Å². The van der Waals surface area contributed by atoms with E-state index in [1.165, 1.54) is 13.2 Å². The van der Waals surface area contributed by atoms with Crippen LogP contribution in [0.1, 0.15) is 6.92 Å². The van der Waals surface area contributed by atoms with Gasteiger partial charge in [-0.15, -0.1) is 6.07 Å². The van der Waals surface area contributed by atoms with Crippen LogP contribution in [0.3, 0.4) is 0 Å². The molecule has 1 aromatic carbocycles. The summed E-state index contributed by atoms with van der Waals surface area (Å²) in [5, 5.41) is 1.13. The van der Waals surface area contributed by atoms with E-state index < -0.39 is 0 Å². The topological polar surface area (TPSA) is 30.2 Å². The van der Waals surface area contributed by atoms with Crippen molar-refractivity contribution >= 4 is 17.3 Å². The van der Waals surface area contributed by atoms with Crippen molar-refractivity contribution in [3.05, 3.63) is 36.6 Å². The van der Waals surface area contributed by atoms with Gasteiger partial charge < -0.3 is 9.21 Å². The molecular weight excluding hydrogens is 390 g/mol. The molecule has 2 rings (SSSR count). The average molecular weight is 398 g/mol. The molecule has 1 aromatic heterocycles. The van der Waals surface area contributed by atoms with Crippen LogP contribution in [0.25, 0.3) is 11.0 Å². The van der Waals surface area contributed by atoms with Gasteiger partial charge in [0.2, 0.25) is 0 Å². The Morgan fingerprint density at radius 3 is 2.77 bits per heavy atom. The second-order valence-corrected chi connectivity index (χ2v) is 2.09. The predicted molar refractivity (Wildman–Crippen MR) is 46.4 cm³/mol. The molecule has 0 aliphatic heterocycles. The Hall–Kier alpha value is -0.518. The monoisotopic (exact) mass is 398 g/mol. The molecule has 0 saturated heterocycles. The Labute approximate surface area is 101 Å². The minimum absolute atomic E-state index is 0. The fourth-order valence-electron chi connectivity index (χ4n) is 0.848. The maximum absolute atomic E-state index is 8.68. The predicted octanol–water partition coefficient (Wildman–Crippen LogP) is 2.35. The number of fused-ring (bicyclic) bond motifs is 1. The van der Waals surface area contributed by atoms with Crippen LogP contribution in [0.15, 0.2) is 34.9 Å². The van der Waals surface area contributed by atoms with Crippen molar-refractivity contribution in [1.82, 2.24) is 0 Å². The van der Waals surface area contributed by atoms with E-state index in [4.69, 9.17) is 9.21 Å². The van der Waals surface area contributed by atoms with Crippen molar-refractivity contribution in [3.63, 3.8) is 0 Å².